The van der Waals surface area contributed by atoms with E-state index in [-0.39, 0.29) is 24.2 Å². The number of para-hydroxylation sites is 1. The summed E-state index contributed by atoms with van der Waals surface area (Å²) in [4.78, 5) is 23.1. The van der Waals surface area contributed by atoms with Crippen LogP contribution < -0.4 is 10.1 Å². The summed E-state index contributed by atoms with van der Waals surface area (Å²) in [6, 6.07) is 6.66. The first-order valence-electron chi connectivity index (χ1n) is 7.01. The third-order valence-corrected chi connectivity index (χ3v) is 3.41. The second-order valence-corrected chi connectivity index (χ2v) is 5.47. The van der Waals surface area contributed by atoms with Crippen molar-refractivity contribution in [1.29, 1.82) is 0 Å². The molecule has 5 nitrogen and oxygen atoms in total. The maximum atomic E-state index is 12.0. The average Bonchev–Trinajstić information content (AvgIpc) is 2.43. The lowest BCUT2D eigenvalue weighted by Crippen LogP contribution is -2.44. The van der Waals surface area contributed by atoms with Crippen LogP contribution >= 0.6 is 0 Å². The van der Waals surface area contributed by atoms with Gasteiger partial charge in [-0.2, -0.15) is 0 Å². The first-order valence-corrected chi connectivity index (χ1v) is 7.01. The van der Waals surface area contributed by atoms with E-state index < -0.39 is 12.0 Å². The molecule has 0 fully saturated rings. The minimum absolute atomic E-state index is 0.0530. The zero-order valence-electron chi connectivity index (χ0n) is 12.9. The van der Waals surface area contributed by atoms with E-state index in [1.54, 1.807) is 21.0 Å². The summed E-state index contributed by atoms with van der Waals surface area (Å²) in [6.07, 6.45) is 0.219. The van der Waals surface area contributed by atoms with Gasteiger partial charge in [-0.15, -0.1) is 0 Å². The molecule has 116 valence electrons. The largest absolute Gasteiger partial charge is 0.496 e. The van der Waals surface area contributed by atoms with Crippen LogP contribution in [0.1, 0.15) is 38.7 Å². The van der Waals surface area contributed by atoms with Crippen molar-refractivity contribution in [2.45, 2.75) is 39.2 Å². The first kappa shape index (κ1) is 17.0. The fourth-order valence-corrected chi connectivity index (χ4v) is 2.21. The van der Waals surface area contributed by atoms with Gasteiger partial charge in [-0.1, -0.05) is 39.0 Å². The number of aliphatic carboxylic acids is 1. The van der Waals surface area contributed by atoms with Gasteiger partial charge in [-0.25, -0.2) is 4.79 Å². The Morgan fingerprint density at radius 1 is 1.24 bits per heavy atom. The van der Waals surface area contributed by atoms with E-state index in [4.69, 9.17) is 9.84 Å². The molecule has 2 unspecified atom stereocenters. The third-order valence-electron chi connectivity index (χ3n) is 3.41. The maximum absolute atomic E-state index is 12.0. The second kappa shape index (κ2) is 7.67. The summed E-state index contributed by atoms with van der Waals surface area (Å²) >= 11 is 0. The number of hydrogen-bond acceptors (Lipinski definition) is 3. The fraction of sp³-hybridized carbons (Fsp3) is 0.500. The number of carboxylic acid groups (broad SMARTS) is 1. The number of rotatable bonds is 7. The van der Waals surface area contributed by atoms with Crippen molar-refractivity contribution in [1.82, 2.24) is 5.32 Å². The molecule has 0 aliphatic carbocycles. The molecule has 1 aromatic carbocycles. The molecule has 1 rings (SSSR count). The molecular weight excluding hydrogens is 270 g/mol. The lowest BCUT2D eigenvalue weighted by molar-refractivity contribution is -0.143. The van der Waals surface area contributed by atoms with Crippen molar-refractivity contribution in [3.63, 3.8) is 0 Å². The van der Waals surface area contributed by atoms with Gasteiger partial charge in [0.25, 0.3) is 0 Å². The summed E-state index contributed by atoms with van der Waals surface area (Å²) in [5.41, 5.74) is 0.937. The molecule has 2 atom stereocenters. The highest BCUT2D eigenvalue weighted by Crippen LogP contribution is 2.28. The number of amides is 1. The Morgan fingerprint density at radius 3 is 2.38 bits per heavy atom. The predicted octanol–water partition coefficient (Wildman–Crippen LogP) is 2.41. The van der Waals surface area contributed by atoms with Gasteiger partial charge in [0.05, 0.1) is 7.11 Å². The average molecular weight is 293 g/mol. The van der Waals surface area contributed by atoms with Crippen molar-refractivity contribution in [3.8, 4) is 5.75 Å². The van der Waals surface area contributed by atoms with Crippen LogP contribution in [0, 0.1) is 5.92 Å². The van der Waals surface area contributed by atoms with Crippen molar-refractivity contribution in [2.75, 3.05) is 7.11 Å². The van der Waals surface area contributed by atoms with Gasteiger partial charge in [0.1, 0.15) is 11.8 Å². The Balaban J connectivity index is 2.72. The van der Waals surface area contributed by atoms with Gasteiger partial charge in [0.2, 0.25) is 5.91 Å². The number of methoxy groups -OCH3 is 1. The van der Waals surface area contributed by atoms with E-state index in [2.05, 4.69) is 5.32 Å². The van der Waals surface area contributed by atoms with Crippen LogP contribution in [0.2, 0.25) is 0 Å². The zero-order valence-corrected chi connectivity index (χ0v) is 12.9. The molecule has 0 heterocycles. The minimum atomic E-state index is -1.01. The highest BCUT2D eigenvalue weighted by atomic mass is 16.5. The van der Waals surface area contributed by atoms with Crippen LogP contribution in [-0.4, -0.2) is 30.1 Å². The topological polar surface area (TPSA) is 75.6 Å². The van der Waals surface area contributed by atoms with E-state index >= 15 is 0 Å². The SMILES string of the molecule is COc1ccccc1C(C)CC(=O)NC(C(=O)O)C(C)C. The molecule has 0 aromatic heterocycles. The van der Waals surface area contributed by atoms with Crippen molar-refractivity contribution in [3.05, 3.63) is 29.8 Å². The molecule has 0 radical (unpaired) electrons. The van der Waals surface area contributed by atoms with Crippen molar-refractivity contribution >= 4 is 11.9 Å². The predicted molar refractivity (Wildman–Crippen MR) is 80.4 cm³/mol. The Labute approximate surface area is 125 Å². The van der Waals surface area contributed by atoms with Crippen molar-refractivity contribution in [2.24, 2.45) is 5.92 Å². The quantitative estimate of drug-likeness (QED) is 0.809. The molecule has 0 bridgehead atoms. The molecule has 1 amide bonds. The minimum Gasteiger partial charge on any atom is -0.496 e. The van der Waals surface area contributed by atoms with Crippen LogP contribution in [0.4, 0.5) is 0 Å². The van der Waals surface area contributed by atoms with Gasteiger partial charge >= 0.3 is 5.97 Å². The smallest absolute Gasteiger partial charge is 0.326 e. The summed E-state index contributed by atoms with van der Waals surface area (Å²) in [5, 5.41) is 11.7. The second-order valence-electron chi connectivity index (χ2n) is 5.47. The summed E-state index contributed by atoms with van der Waals surface area (Å²) in [5.74, 6) is -0.759. The fourth-order valence-electron chi connectivity index (χ4n) is 2.21. The lowest BCUT2D eigenvalue weighted by Gasteiger charge is -2.20. The van der Waals surface area contributed by atoms with E-state index in [1.807, 2.05) is 31.2 Å². The number of carbonyl (C=O) groups is 2. The van der Waals surface area contributed by atoms with Gasteiger partial charge in [-0.05, 0) is 23.5 Å². The highest BCUT2D eigenvalue weighted by Gasteiger charge is 2.24. The number of nitrogens with one attached hydrogen (secondary N) is 1. The van der Waals surface area contributed by atoms with Crippen molar-refractivity contribution < 1.29 is 19.4 Å². The monoisotopic (exact) mass is 293 g/mol. The normalized spacial score (nSPS) is 13.6. The zero-order chi connectivity index (χ0) is 16.0. The number of carbonyl (C=O) groups excluding carboxylic acids is 1. The summed E-state index contributed by atoms with van der Waals surface area (Å²) in [6.45, 7) is 5.45. The van der Waals surface area contributed by atoms with E-state index in [0.717, 1.165) is 11.3 Å². The molecular formula is C16H23NO4. The van der Waals surface area contributed by atoms with E-state index in [0.29, 0.717) is 0 Å². The Bertz CT molecular complexity index is 499. The number of carboxylic acids is 1. The van der Waals surface area contributed by atoms with E-state index in [1.165, 1.54) is 0 Å². The Morgan fingerprint density at radius 2 is 1.86 bits per heavy atom. The summed E-state index contributed by atoms with van der Waals surface area (Å²) in [7, 11) is 1.59. The molecule has 0 aliphatic rings. The van der Waals surface area contributed by atoms with E-state index in [9.17, 15) is 9.59 Å². The number of ether oxygens (including phenoxy) is 1. The van der Waals surface area contributed by atoms with Crippen LogP contribution in [-0.2, 0) is 9.59 Å². The standard InChI is InChI=1S/C16H23NO4/c1-10(2)15(16(19)20)17-14(18)9-11(3)12-7-5-6-8-13(12)21-4/h5-8,10-11,15H,9H2,1-4H3,(H,17,18)(H,19,20). The van der Waals surface area contributed by atoms with Crippen LogP contribution in [0.25, 0.3) is 0 Å². The van der Waals surface area contributed by atoms with Gasteiger partial charge in [0.15, 0.2) is 0 Å². The number of benzene rings is 1. The van der Waals surface area contributed by atoms with Gasteiger partial charge in [0, 0.05) is 6.42 Å². The van der Waals surface area contributed by atoms with Crippen LogP contribution in [0.15, 0.2) is 24.3 Å². The molecule has 0 saturated heterocycles. The Hall–Kier alpha value is -2.04. The van der Waals surface area contributed by atoms with Gasteiger partial charge < -0.3 is 15.2 Å². The lowest BCUT2D eigenvalue weighted by atomic mass is 9.96. The maximum Gasteiger partial charge on any atom is 0.326 e. The Kier molecular flexibility index (Phi) is 6.21. The molecule has 2 N–H and O–H groups in total. The molecule has 1 aromatic rings. The molecule has 0 saturated carbocycles. The third kappa shape index (κ3) is 4.77. The van der Waals surface area contributed by atoms with Crippen LogP contribution in [0.3, 0.4) is 0 Å². The molecule has 21 heavy (non-hydrogen) atoms. The first-order chi connectivity index (χ1) is 9.86. The number of hydrogen-bond donors (Lipinski definition) is 2. The van der Waals surface area contributed by atoms with Gasteiger partial charge in [-0.3, -0.25) is 4.79 Å². The van der Waals surface area contributed by atoms with Crippen LogP contribution in [0.5, 0.6) is 5.75 Å². The summed E-state index contributed by atoms with van der Waals surface area (Å²) < 4.78 is 5.28. The molecule has 0 aliphatic heterocycles. The molecule has 0 spiro atoms. The highest BCUT2D eigenvalue weighted by molar-refractivity contribution is 5.84. The molecule has 5 heteroatoms.